The minimum absolute atomic E-state index is 0.285. The Hall–Kier alpha value is -1.87. The van der Waals surface area contributed by atoms with Gasteiger partial charge in [0.1, 0.15) is 5.82 Å². The summed E-state index contributed by atoms with van der Waals surface area (Å²) in [6, 6.07) is 14.8. The SMILES string of the molecule is CCCNC(Cc1cccnc1N)c1ccccc1. The fraction of sp³-hybridized carbons (Fsp3) is 0.312. The van der Waals surface area contributed by atoms with Crippen LogP contribution >= 0.6 is 0 Å². The number of anilines is 1. The van der Waals surface area contributed by atoms with Gasteiger partial charge < -0.3 is 11.1 Å². The van der Waals surface area contributed by atoms with E-state index in [1.807, 2.05) is 18.2 Å². The fourth-order valence-electron chi connectivity index (χ4n) is 2.16. The molecule has 1 heterocycles. The van der Waals surface area contributed by atoms with E-state index in [2.05, 4.69) is 41.5 Å². The number of hydrogen-bond acceptors (Lipinski definition) is 3. The number of nitrogens with zero attached hydrogens (tertiary/aromatic N) is 1. The molecule has 1 aromatic heterocycles. The predicted octanol–water partition coefficient (Wildman–Crippen LogP) is 2.95. The Morgan fingerprint density at radius 3 is 2.63 bits per heavy atom. The average Bonchev–Trinajstić information content (AvgIpc) is 2.46. The summed E-state index contributed by atoms with van der Waals surface area (Å²) in [5.74, 6) is 0.627. The molecule has 0 fully saturated rings. The van der Waals surface area contributed by atoms with E-state index < -0.39 is 0 Å². The van der Waals surface area contributed by atoms with Gasteiger partial charge in [0.05, 0.1) is 0 Å². The summed E-state index contributed by atoms with van der Waals surface area (Å²) in [4.78, 5) is 4.16. The second-order valence-corrected chi connectivity index (χ2v) is 4.67. The Morgan fingerprint density at radius 1 is 1.16 bits per heavy atom. The third kappa shape index (κ3) is 3.80. The highest BCUT2D eigenvalue weighted by Gasteiger charge is 2.12. The van der Waals surface area contributed by atoms with Crippen molar-refractivity contribution < 1.29 is 0 Å². The molecule has 0 aliphatic rings. The highest BCUT2D eigenvalue weighted by Crippen LogP contribution is 2.20. The molecule has 3 N–H and O–H groups in total. The third-order valence-electron chi connectivity index (χ3n) is 3.19. The summed E-state index contributed by atoms with van der Waals surface area (Å²) in [6.45, 7) is 3.17. The second-order valence-electron chi connectivity index (χ2n) is 4.67. The Bertz CT molecular complexity index is 496. The molecule has 1 aromatic carbocycles. The first-order valence-electron chi connectivity index (χ1n) is 6.79. The van der Waals surface area contributed by atoms with Crippen molar-refractivity contribution >= 4 is 5.82 Å². The molecule has 0 aliphatic carbocycles. The number of benzene rings is 1. The van der Waals surface area contributed by atoms with Crippen LogP contribution < -0.4 is 11.1 Å². The van der Waals surface area contributed by atoms with Crippen molar-refractivity contribution in [2.45, 2.75) is 25.8 Å². The van der Waals surface area contributed by atoms with Crippen molar-refractivity contribution in [3.05, 3.63) is 59.8 Å². The molecule has 3 heteroatoms. The second kappa shape index (κ2) is 6.90. The van der Waals surface area contributed by atoms with E-state index in [1.165, 1.54) is 5.56 Å². The van der Waals surface area contributed by atoms with Crippen LogP contribution in [0.1, 0.15) is 30.5 Å². The van der Waals surface area contributed by atoms with Gasteiger partial charge in [-0.25, -0.2) is 4.98 Å². The number of nitrogens with two attached hydrogens (primary N) is 1. The van der Waals surface area contributed by atoms with Gasteiger partial charge in [0, 0.05) is 12.2 Å². The van der Waals surface area contributed by atoms with Crippen molar-refractivity contribution in [1.29, 1.82) is 0 Å². The van der Waals surface area contributed by atoms with Crippen LogP contribution in [0.3, 0.4) is 0 Å². The quantitative estimate of drug-likeness (QED) is 0.834. The van der Waals surface area contributed by atoms with Crippen LogP contribution in [-0.2, 0) is 6.42 Å². The van der Waals surface area contributed by atoms with Crippen LogP contribution in [0.2, 0.25) is 0 Å². The minimum Gasteiger partial charge on any atom is -0.383 e. The lowest BCUT2D eigenvalue weighted by Crippen LogP contribution is -2.24. The summed E-state index contributed by atoms with van der Waals surface area (Å²) in [6.07, 6.45) is 3.71. The number of hydrogen-bond donors (Lipinski definition) is 2. The summed E-state index contributed by atoms with van der Waals surface area (Å²) in [7, 11) is 0. The molecule has 19 heavy (non-hydrogen) atoms. The number of nitrogen functional groups attached to an aromatic ring is 1. The van der Waals surface area contributed by atoms with Gasteiger partial charge in [-0.15, -0.1) is 0 Å². The van der Waals surface area contributed by atoms with Crippen LogP contribution in [0.15, 0.2) is 48.7 Å². The molecule has 100 valence electrons. The lowest BCUT2D eigenvalue weighted by atomic mass is 9.99. The van der Waals surface area contributed by atoms with Gasteiger partial charge in [-0.3, -0.25) is 0 Å². The van der Waals surface area contributed by atoms with E-state index in [1.54, 1.807) is 6.20 Å². The zero-order valence-corrected chi connectivity index (χ0v) is 11.3. The molecule has 0 amide bonds. The van der Waals surface area contributed by atoms with Gasteiger partial charge in [-0.05, 0) is 36.6 Å². The summed E-state index contributed by atoms with van der Waals surface area (Å²) >= 11 is 0. The molecule has 2 rings (SSSR count). The number of aromatic nitrogens is 1. The molecule has 2 aromatic rings. The van der Waals surface area contributed by atoms with E-state index in [9.17, 15) is 0 Å². The first kappa shape index (κ1) is 13.6. The molecule has 0 saturated heterocycles. The molecule has 0 bridgehead atoms. The third-order valence-corrected chi connectivity index (χ3v) is 3.19. The molecular weight excluding hydrogens is 234 g/mol. The van der Waals surface area contributed by atoms with E-state index in [0.717, 1.165) is 24.9 Å². The maximum atomic E-state index is 5.94. The molecule has 0 radical (unpaired) electrons. The van der Waals surface area contributed by atoms with Gasteiger partial charge >= 0.3 is 0 Å². The highest BCUT2D eigenvalue weighted by atomic mass is 14.9. The maximum Gasteiger partial charge on any atom is 0.126 e. The zero-order chi connectivity index (χ0) is 13.5. The number of pyridine rings is 1. The van der Waals surface area contributed by atoms with Crippen LogP contribution in [-0.4, -0.2) is 11.5 Å². The standard InChI is InChI=1S/C16H21N3/c1-2-10-18-15(13-7-4-3-5-8-13)12-14-9-6-11-19-16(14)17/h3-9,11,15,18H,2,10,12H2,1H3,(H2,17,19). The maximum absolute atomic E-state index is 5.94. The molecule has 3 nitrogen and oxygen atoms in total. The number of rotatable bonds is 6. The summed E-state index contributed by atoms with van der Waals surface area (Å²) in [5.41, 5.74) is 8.32. The van der Waals surface area contributed by atoms with Crippen LogP contribution in [0.25, 0.3) is 0 Å². The zero-order valence-electron chi connectivity index (χ0n) is 11.3. The monoisotopic (exact) mass is 255 g/mol. The Balaban J connectivity index is 2.17. The first-order valence-corrected chi connectivity index (χ1v) is 6.79. The number of nitrogens with one attached hydrogen (secondary N) is 1. The Labute approximate surface area is 114 Å². The smallest absolute Gasteiger partial charge is 0.126 e. The lowest BCUT2D eigenvalue weighted by Gasteiger charge is -2.19. The van der Waals surface area contributed by atoms with E-state index >= 15 is 0 Å². The molecular formula is C16H21N3. The van der Waals surface area contributed by atoms with Crippen molar-refractivity contribution in [2.24, 2.45) is 0 Å². The molecule has 1 atom stereocenters. The average molecular weight is 255 g/mol. The summed E-state index contributed by atoms with van der Waals surface area (Å²) < 4.78 is 0. The van der Waals surface area contributed by atoms with Gasteiger partial charge in [0.2, 0.25) is 0 Å². The Morgan fingerprint density at radius 2 is 1.95 bits per heavy atom. The van der Waals surface area contributed by atoms with Gasteiger partial charge in [0.15, 0.2) is 0 Å². The van der Waals surface area contributed by atoms with Crippen molar-refractivity contribution in [1.82, 2.24) is 10.3 Å². The first-order chi connectivity index (χ1) is 9.31. The molecule has 0 aliphatic heterocycles. The van der Waals surface area contributed by atoms with E-state index in [-0.39, 0.29) is 6.04 Å². The van der Waals surface area contributed by atoms with Crippen molar-refractivity contribution in [3.63, 3.8) is 0 Å². The highest BCUT2D eigenvalue weighted by molar-refractivity contribution is 5.39. The van der Waals surface area contributed by atoms with Gasteiger partial charge in [-0.1, -0.05) is 43.3 Å². The van der Waals surface area contributed by atoms with E-state index in [0.29, 0.717) is 5.82 Å². The molecule has 0 saturated carbocycles. The fourth-order valence-corrected chi connectivity index (χ4v) is 2.16. The van der Waals surface area contributed by atoms with Crippen LogP contribution in [0, 0.1) is 0 Å². The predicted molar refractivity (Wildman–Crippen MR) is 79.8 cm³/mol. The van der Waals surface area contributed by atoms with Gasteiger partial charge in [0.25, 0.3) is 0 Å². The van der Waals surface area contributed by atoms with Crippen LogP contribution in [0.4, 0.5) is 5.82 Å². The minimum atomic E-state index is 0.285. The largest absolute Gasteiger partial charge is 0.383 e. The van der Waals surface area contributed by atoms with Crippen molar-refractivity contribution in [2.75, 3.05) is 12.3 Å². The lowest BCUT2D eigenvalue weighted by molar-refractivity contribution is 0.529. The Kier molecular flexibility index (Phi) is 4.93. The van der Waals surface area contributed by atoms with Crippen LogP contribution in [0.5, 0.6) is 0 Å². The normalized spacial score (nSPS) is 12.3. The van der Waals surface area contributed by atoms with Crippen molar-refractivity contribution in [3.8, 4) is 0 Å². The van der Waals surface area contributed by atoms with E-state index in [4.69, 9.17) is 5.73 Å². The van der Waals surface area contributed by atoms with Gasteiger partial charge in [-0.2, -0.15) is 0 Å². The topological polar surface area (TPSA) is 50.9 Å². The molecule has 0 spiro atoms. The molecule has 1 unspecified atom stereocenters. The summed E-state index contributed by atoms with van der Waals surface area (Å²) in [5, 5.41) is 3.58.